The minimum Gasteiger partial charge on any atom is -0.311 e. The number of fused-ring (bicyclic) bond motifs is 2. The molecule has 1 aromatic heterocycles. The van der Waals surface area contributed by atoms with E-state index in [4.69, 9.17) is 0 Å². The van der Waals surface area contributed by atoms with E-state index in [1.165, 1.54) is 19.3 Å². The van der Waals surface area contributed by atoms with Crippen LogP contribution in [0.2, 0.25) is 0 Å². The Morgan fingerprint density at radius 3 is 2.59 bits per heavy atom. The Balaban J connectivity index is 1.52. The Morgan fingerprint density at radius 1 is 1.14 bits per heavy atom. The summed E-state index contributed by atoms with van der Waals surface area (Å²) in [7, 11) is 0. The lowest BCUT2D eigenvalue weighted by Crippen LogP contribution is -2.50. The van der Waals surface area contributed by atoms with Gasteiger partial charge in [0.05, 0.1) is 17.4 Å². The molecule has 0 radical (unpaired) electrons. The molecule has 2 aromatic rings. The number of aromatic nitrogens is 2. The summed E-state index contributed by atoms with van der Waals surface area (Å²) in [6, 6.07) is 11.0. The molecule has 2 atom stereocenters. The second-order valence-electron chi connectivity index (χ2n) is 6.53. The van der Waals surface area contributed by atoms with Gasteiger partial charge in [0.1, 0.15) is 0 Å². The molecule has 2 fully saturated rings. The minimum atomic E-state index is 0.157. The Bertz CT molecular complexity index is 652. The van der Waals surface area contributed by atoms with Crippen molar-refractivity contribution < 1.29 is 4.79 Å². The van der Waals surface area contributed by atoms with E-state index in [0.29, 0.717) is 12.1 Å². The van der Waals surface area contributed by atoms with Gasteiger partial charge in [-0.25, -0.2) is 4.68 Å². The molecule has 0 amide bonds. The van der Waals surface area contributed by atoms with Gasteiger partial charge in [-0.05, 0) is 37.8 Å². The molecule has 4 heteroatoms. The van der Waals surface area contributed by atoms with Crippen molar-refractivity contribution in [3.05, 3.63) is 48.3 Å². The largest absolute Gasteiger partial charge is 0.311 e. The van der Waals surface area contributed by atoms with Gasteiger partial charge < -0.3 is 5.32 Å². The molecule has 22 heavy (non-hydrogen) atoms. The SMILES string of the molecule is O=C(c1cnn(-c2ccccc2)c1)C1CC2CCCC(C1)N2. The van der Waals surface area contributed by atoms with E-state index in [2.05, 4.69) is 10.4 Å². The van der Waals surface area contributed by atoms with E-state index in [1.807, 2.05) is 36.5 Å². The van der Waals surface area contributed by atoms with Crippen LogP contribution in [0.1, 0.15) is 42.5 Å². The smallest absolute Gasteiger partial charge is 0.169 e. The first-order valence-corrected chi connectivity index (χ1v) is 8.20. The molecule has 0 spiro atoms. The number of para-hydroxylation sites is 1. The summed E-state index contributed by atoms with van der Waals surface area (Å²) in [4.78, 5) is 12.8. The third-order valence-electron chi connectivity index (χ3n) is 4.97. The number of Topliss-reactive ketones (excluding diaryl/α,β-unsaturated/α-hetero) is 1. The number of nitrogens with zero attached hydrogens (tertiary/aromatic N) is 2. The van der Waals surface area contributed by atoms with Crippen molar-refractivity contribution in [2.75, 3.05) is 0 Å². The summed E-state index contributed by atoms with van der Waals surface area (Å²) in [6.07, 6.45) is 9.27. The second-order valence-corrected chi connectivity index (χ2v) is 6.53. The maximum atomic E-state index is 12.8. The van der Waals surface area contributed by atoms with Gasteiger partial charge in [0, 0.05) is 24.2 Å². The zero-order valence-electron chi connectivity index (χ0n) is 12.6. The molecule has 2 unspecified atom stereocenters. The van der Waals surface area contributed by atoms with Gasteiger partial charge >= 0.3 is 0 Å². The fourth-order valence-corrected chi connectivity index (χ4v) is 3.89. The number of carbonyl (C=O) groups is 1. The first-order valence-electron chi connectivity index (χ1n) is 8.20. The van der Waals surface area contributed by atoms with Crippen LogP contribution in [0.25, 0.3) is 5.69 Å². The zero-order valence-corrected chi connectivity index (χ0v) is 12.6. The topological polar surface area (TPSA) is 46.9 Å². The first kappa shape index (κ1) is 13.7. The summed E-state index contributed by atoms with van der Waals surface area (Å²) in [5, 5.41) is 8.00. The van der Waals surface area contributed by atoms with Crippen LogP contribution in [0.15, 0.2) is 42.7 Å². The maximum absolute atomic E-state index is 12.8. The van der Waals surface area contributed by atoms with Crippen LogP contribution in [0.3, 0.4) is 0 Å². The summed E-state index contributed by atoms with van der Waals surface area (Å²) >= 11 is 0. The van der Waals surface area contributed by atoms with Crippen molar-refractivity contribution in [2.45, 2.75) is 44.2 Å². The third-order valence-corrected chi connectivity index (χ3v) is 4.97. The monoisotopic (exact) mass is 295 g/mol. The number of hydrogen-bond acceptors (Lipinski definition) is 3. The third kappa shape index (κ3) is 2.59. The van der Waals surface area contributed by atoms with Crippen molar-refractivity contribution in [3.8, 4) is 5.69 Å². The van der Waals surface area contributed by atoms with Crippen LogP contribution in [0, 0.1) is 5.92 Å². The molecule has 2 saturated heterocycles. The second kappa shape index (κ2) is 5.69. The minimum absolute atomic E-state index is 0.157. The molecule has 1 N–H and O–H groups in total. The number of hydrogen-bond donors (Lipinski definition) is 1. The summed E-state index contributed by atoms with van der Waals surface area (Å²) in [6.45, 7) is 0. The molecule has 4 nitrogen and oxygen atoms in total. The lowest BCUT2D eigenvalue weighted by atomic mass is 9.77. The van der Waals surface area contributed by atoms with Crippen LogP contribution < -0.4 is 5.32 Å². The predicted octanol–water partition coefficient (Wildman–Crippen LogP) is 2.98. The highest BCUT2D eigenvalue weighted by molar-refractivity contribution is 5.97. The van der Waals surface area contributed by atoms with Gasteiger partial charge in [-0.1, -0.05) is 24.6 Å². The Labute approximate surface area is 130 Å². The predicted molar refractivity (Wildman–Crippen MR) is 85.2 cm³/mol. The Morgan fingerprint density at radius 2 is 1.86 bits per heavy atom. The molecule has 2 aliphatic rings. The van der Waals surface area contributed by atoms with Crippen molar-refractivity contribution in [2.24, 2.45) is 5.92 Å². The van der Waals surface area contributed by atoms with E-state index < -0.39 is 0 Å². The number of nitrogens with one attached hydrogen (secondary N) is 1. The molecule has 4 rings (SSSR count). The van der Waals surface area contributed by atoms with Crippen molar-refractivity contribution in [1.29, 1.82) is 0 Å². The number of carbonyl (C=O) groups excluding carboxylic acids is 1. The summed E-state index contributed by atoms with van der Waals surface area (Å²) in [5.74, 6) is 0.422. The van der Waals surface area contributed by atoms with Crippen molar-refractivity contribution >= 4 is 5.78 Å². The Kier molecular flexibility index (Phi) is 3.54. The van der Waals surface area contributed by atoms with Crippen molar-refractivity contribution in [3.63, 3.8) is 0 Å². The summed E-state index contributed by atoms with van der Waals surface area (Å²) < 4.78 is 1.79. The molecule has 2 bridgehead atoms. The molecule has 3 heterocycles. The van der Waals surface area contributed by atoms with Crippen LogP contribution in [0.4, 0.5) is 0 Å². The van der Waals surface area contributed by atoms with E-state index in [9.17, 15) is 4.79 Å². The fourth-order valence-electron chi connectivity index (χ4n) is 3.89. The lowest BCUT2D eigenvalue weighted by Gasteiger charge is -2.39. The molecular weight excluding hydrogens is 274 g/mol. The number of benzene rings is 1. The normalized spacial score (nSPS) is 27.5. The molecule has 2 aliphatic heterocycles. The molecule has 114 valence electrons. The molecule has 1 aromatic carbocycles. The van der Waals surface area contributed by atoms with E-state index in [0.717, 1.165) is 24.1 Å². The maximum Gasteiger partial charge on any atom is 0.169 e. The number of ketones is 1. The highest BCUT2D eigenvalue weighted by Gasteiger charge is 2.35. The van der Waals surface area contributed by atoms with E-state index >= 15 is 0 Å². The van der Waals surface area contributed by atoms with Gasteiger partial charge in [-0.3, -0.25) is 4.79 Å². The zero-order chi connectivity index (χ0) is 14.9. The highest BCUT2D eigenvalue weighted by atomic mass is 16.1. The van der Waals surface area contributed by atoms with Gasteiger partial charge in [-0.2, -0.15) is 5.10 Å². The van der Waals surface area contributed by atoms with Gasteiger partial charge in [0.25, 0.3) is 0 Å². The molecule has 0 aliphatic carbocycles. The van der Waals surface area contributed by atoms with Gasteiger partial charge in [0.2, 0.25) is 0 Å². The highest BCUT2D eigenvalue weighted by Crippen LogP contribution is 2.31. The molecular formula is C18H21N3O. The van der Waals surface area contributed by atoms with E-state index in [-0.39, 0.29) is 11.7 Å². The number of rotatable bonds is 3. The standard InChI is InChI=1S/C18H21N3O/c22-18(13-9-15-5-4-6-16(10-13)20-15)14-11-19-21(12-14)17-7-2-1-3-8-17/h1-3,7-8,11-13,15-16,20H,4-6,9-10H2. The van der Waals surface area contributed by atoms with Crippen LogP contribution in [-0.2, 0) is 0 Å². The first-order chi connectivity index (χ1) is 10.8. The van der Waals surface area contributed by atoms with Crippen molar-refractivity contribution in [1.82, 2.24) is 15.1 Å². The van der Waals surface area contributed by atoms with Gasteiger partial charge in [0.15, 0.2) is 5.78 Å². The summed E-state index contributed by atoms with van der Waals surface area (Å²) in [5.41, 5.74) is 1.73. The van der Waals surface area contributed by atoms with Crippen LogP contribution in [-0.4, -0.2) is 27.6 Å². The average molecular weight is 295 g/mol. The quantitative estimate of drug-likeness (QED) is 0.886. The van der Waals surface area contributed by atoms with Crippen LogP contribution >= 0.6 is 0 Å². The van der Waals surface area contributed by atoms with Crippen LogP contribution in [0.5, 0.6) is 0 Å². The molecule has 0 saturated carbocycles. The fraction of sp³-hybridized carbons (Fsp3) is 0.444. The van der Waals surface area contributed by atoms with Gasteiger partial charge in [-0.15, -0.1) is 0 Å². The Hall–Kier alpha value is -1.94. The number of piperidine rings is 2. The average Bonchev–Trinajstić information content (AvgIpc) is 3.04. The lowest BCUT2D eigenvalue weighted by molar-refractivity contribution is 0.0825. The van der Waals surface area contributed by atoms with E-state index in [1.54, 1.807) is 10.9 Å².